The van der Waals surface area contributed by atoms with Crippen LogP contribution in [0.15, 0.2) is 41.3 Å². The van der Waals surface area contributed by atoms with Gasteiger partial charge in [-0.25, -0.2) is 9.59 Å². The molecule has 1 aliphatic rings. The molecule has 2 heterocycles. The van der Waals surface area contributed by atoms with Gasteiger partial charge in [0.05, 0.1) is 11.8 Å². The molecule has 1 aromatic carbocycles. The number of aliphatic hydroxyl groups is 2. The third-order valence-corrected chi connectivity index (χ3v) is 3.70. The van der Waals surface area contributed by atoms with Gasteiger partial charge in [-0.15, -0.1) is 0 Å². The highest BCUT2D eigenvalue weighted by molar-refractivity contribution is 5.89. The average molecular weight is 348 g/mol. The van der Waals surface area contributed by atoms with Crippen molar-refractivity contribution in [1.29, 1.82) is 0 Å². The van der Waals surface area contributed by atoms with Crippen LogP contribution in [0.2, 0.25) is 0 Å². The van der Waals surface area contributed by atoms with E-state index in [-0.39, 0.29) is 12.4 Å². The Labute approximate surface area is 141 Å². The Hall–Kier alpha value is -2.82. The first-order valence-corrected chi connectivity index (χ1v) is 7.42. The zero-order chi connectivity index (χ0) is 18.0. The van der Waals surface area contributed by atoms with E-state index in [4.69, 9.17) is 15.2 Å². The van der Waals surface area contributed by atoms with E-state index >= 15 is 0 Å². The van der Waals surface area contributed by atoms with Crippen LogP contribution in [-0.4, -0.2) is 55.9 Å². The number of aromatic nitrogens is 3. The third kappa shape index (κ3) is 3.50. The number of benzene rings is 1. The maximum atomic E-state index is 11.9. The van der Waals surface area contributed by atoms with E-state index in [1.165, 1.54) is 0 Å². The van der Waals surface area contributed by atoms with Crippen LogP contribution in [0.5, 0.6) is 0 Å². The predicted molar refractivity (Wildman–Crippen MR) is 83.4 cm³/mol. The number of aliphatic hydroxyl groups excluding tert-OH is 2. The number of carbonyl (C=O) groups excluding carboxylic acids is 1. The SMILES string of the molecule is Nc1cnn([C@@H]2O[C@H](COC(=O)c3ccccc3)[C@@H](O)[C@@H]2O)c(=O)n1. The Morgan fingerprint density at radius 3 is 2.68 bits per heavy atom. The molecule has 1 fully saturated rings. The first-order chi connectivity index (χ1) is 12.0. The van der Waals surface area contributed by atoms with E-state index in [9.17, 15) is 19.8 Å². The number of carbonyl (C=O) groups is 1. The predicted octanol–water partition coefficient (Wildman–Crippen LogP) is -1.30. The Morgan fingerprint density at radius 2 is 2.00 bits per heavy atom. The fourth-order valence-corrected chi connectivity index (χ4v) is 2.42. The molecule has 0 amide bonds. The van der Waals surface area contributed by atoms with E-state index in [1.807, 2.05) is 0 Å². The highest BCUT2D eigenvalue weighted by atomic mass is 16.6. The topological polar surface area (TPSA) is 150 Å². The molecule has 4 atom stereocenters. The highest BCUT2D eigenvalue weighted by Crippen LogP contribution is 2.28. The second-order valence-corrected chi connectivity index (χ2v) is 5.42. The summed E-state index contributed by atoms with van der Waals surface area (Å²) < 4.78 is 11.3. The molecule has 1 aromatic heterocycles. The Kier molecular flexibility index (Phi) is 4.74. The summed E-state index contributed by atoms with van der Waals surface area (Å²) >= 11 is 0. The Balaban J connectivity index is 1.68. The van der Waals surface area contributed by atoms with Gasteiger partial charge < -0.3 is 25.4 Å². The summed E-state index contributed by atoms with van der Waals surface area (Å²) in [4.78, 5) is 27.2. The molecule has 10 nitrogen and oxygen atoms in total. The molecule has 1 aliphatic heterocycles. The minimum atomic E-state index is -1.45. The monoisotopic (exact) mass is 348 g/mol. The van der Waals surface area contributed by atoms with Gasteiger partial charge >= 0.3 is 11.7 Å². The molecule has 3 rings (SSSR count). The number of anilines is 1. The van der Waals surface area contributed by atoms with Gasteiger partial charge in [-0.3, -0.25) is 0 Å². The van der Waals surface area contributed by atoms with Crippen LogP contribution in [0.3, 0.4) is 0 Å². The molecule has 0 bridgehead atoms. The number of ether oxygens (including phenoxy) is 2. The molecule has 4 N–H and O–H groups in total. The normalized spacial score (nSPS) is 25.7. The fraction of sp³-hybridized carbons (Fsp3) is 0.333. The summed E-state index contributed by atoms with van der Waals surface area (Å²) in [5, 5.41) is 23.9. The van der Waals surface area contributed by atoms with Gasteiger partial charge in [0.1, 0.15) is 30.7 Å². The largest absolute Gasteiger partial charge is 0.459 e. The molecule has 10 heteroatoms. The Bertz CT molecular complexity index is 811. The summed E-state index contributed by atoms with van der Waals surface area (Å²) in [5.41, 5.74) is 4.86. The number of hydrogen-bond donors (Lipinski definition) is 3. The van der Waals surface area contributed by atoms with Gasteiger partial charge in [0.15, 0.2) is 6.23 Å². The standard InChI is InChI=1S/C15H16N4O6/c16-10-6-17-19(15(23)18-10)13-12(21)11(20)9(25-13)7-24-14(22)8-4-2-1-3-5-8/h1-6,9,11-13,20-21H,7H2,(H2,16,18,23)/t9-,11-,12+,13-/m1/s1. The summed E-state index contributed by atoms with van der Waals surface area (Å²) in [5.74, 6) is -0.679. The van der Waals surface area contributed by atoms with E-state index in [0.29, 0.717) is 5.56 Å². The molecular formula is C15H16N4O6. The molecule has 25 heavy (non-hydrogen) atoms. The number of nitrogens with zero attached hydrogens (tertiary/aromatic N) is 3. The van der Waals surface area contributed by atoms with Crippen LogP contribution in [0, 0.1) is 0 Å². The van der Waals surface area contributed by atoms with Crippen molar-refractivity contribution in [2.75, 3.05) is 12.3 Å². The molecule has 0 spiro atoms. The molecular weight excluding hydrogens is 332 g/mol. The van der Waals surface area contributed by atoms with Crippen LogP contribution in [0.1, 0.15) is 16.6 Å². The minimum absolute atomic E-state index is 0.0809. The van der Waals surface area contributed by atoms with Gasteiger partial charge in [-0.05, 0) is 12.1 Å². The number of nitrogens with two attached hydrogens (primary N) is 1. The van der Waals surface area contributed by atoms with Gasteiger partial charge in [0.2, 0.25) is 0 Å². The molecule has 1 saturated heterocycles. The van der Waals surface area contributed by atoms with Gasteiger partial charge in [0, 0.05) is 0 Å². The minimum Gasteiger partial charge on any atom is -0.459 e. The zero-order valence-electron chi connectivity index (χ0n) is 12.9. The number of hydrogen-bond acceptors (Lipinski definition) is 9. The maximum Gasteiger partial charge on any atom is 0.368 e. The molecule has 0 unspecified atom stereocenters. The van der Waals surface area contributed by atoms with Crippen LogP contribution >= 0.6 is 0 Å². The van der Waals surface area contributed by atoms with E-state index < -0.39 is 36.2 Å². The number of rotatable bonds is 4. The van der Waals surface area contributed by atoms with Crippen LogP contribution in [0.4, 0.5) is 5.82 Å². The van der Waals surface area contributed by atoms with Crippen molar-refractivity contribution in [2.45, 2.75) is 24.5 Å². The summed E-state index contributed by atoms with van der Waals surface area (Å²) in [7, 11) is 0. The Morgan fingerprint density at radius 1 is 1.28 bits per heavy atom. The van der Waals surface area contributed by atoms with Crippen molar-refractivity contribution < 1.29 is 24.5 Å². The lowest BCUT2D eigenvalue weighted by Crippen LogP contribution is -2.37. The summed E-state index contributed by atoms with van der Waals surface area (Å²) in [6.45, 7) is -0.306. The second kappa shape index (κ2) is 6.97. The lowest BCUT2D eigenvalue weighted by atomic mass is 10.1. The highest BCUT2D eigenvalue weighted by Gasteiger charge is 2.45. The van der Waals surface area contributed by atoms with E-state index in [0.717, 1.165) is 10.9 Å². The first-order valence-electron chi connectivity index (χ1n) is 7.42. The zero-order valence-corrected chi connectivity index (χ0v) is 12.9. The molecule has 2 aromatic rings. The van der Waals surface area contributed by atoms with Crippen LogP contribution < -0.4 is 11.4 Å². The van der Waals surface area contributed by atoms with Crippen molar-refractivity contribution in [1.82, 2.24) is 14.8 Å². The van der Waals surface area contributed by atoms with Crippen molar-refractivity contribution >= 4 is 11.8 Å². The van der Waals surface area contributed by atoms with Crippen LogP contribution in [-0.2, 0) is 9.47 Å². The van der Waals surface area contributed by atoms with Crippen molar-refractivity contribution in [3.8, 4) is 0 Å². The molecule has 0 saturated carbocycles. The molecule has 132 valence electrons. The van der Waals surface area contributed by atoms with Crippen molar-refractivity contribution in [2.24, 2.45) is 0 Å². The lowest BCUT2D eigenvalue weighted by molar-refractivity contribution is -0.0657. The van der Waals surface area contributed by atoms with E-state index in [1.54, 1.807) is 30.3 Å². The molecule has 0 aliphatic carbocycles. The lowest BCUT2D eigenvalue weighted by Gasteiger charge is -2.15. The summed E-state index contributed by atoms with van der Waals surface area (Å²) in [6.07, 6.45) is -4.00. The van der Waals surface area contributed by atoms with Crippen molar-refractivity contribution in [3.63, 3.8) is 0 Å². The fourth-order valence-electron chi connectivity index (χ4n) is 2.42. The number of nitrogen functional groups attached to an aromatic ring is 1. The smallest absolute Gasteiger partial charge is 0.368 e. The first kappa shape index (κ1) is 17.0. The van der Waals surface area contributed by atoms with Gasteiger partial charge in [0.25, 0.3) is 0 Å². The second-order valence-electron chi connectivity index (χ2n) is 5.42. The number of esters is 1. The quantitative estimate of drug-likeness (QED) is 0.573. The van der Waals surface area contributed by atoms with Gasteiger partial charge in [-0.2, -0.15) is 14.8 Å². The van der Waals surface area contributed by atoms with Gasteiger partial charge in [-0.1, -0.05) is 18.2 Å². The molecule has 0 radical (unpaired) electrons. The van der Waals surface area contributed by atoms with E-state index in [2.05, 4.69) is 10.1 Å². The van der Waals surface area contributed by atoms with Crippen molar-refractivity contribution in [3.05, 3.63) is 52.6 Å². The maximum absolute atomic E-state index is 11.9. The van der Waals surface area contributed by atoms with Crippen LogP contribution in [0.25, 0.3) is 0 Å². The average Bonchev–Trinajstić information content (AvgIpc) is 2.89. The third-order valence-electron chi connectivity index (χ3n) is 3.70. The summed E-state index contributed by atoms with van der Waals surface area (Å²) in [6, 6.07) is 8.28.